The summed E-state index contributed by atoms with van der Waals surface area (Å²) in [6.45, 7) is 3.02. The van der Waals surface area contributed by atoms with E-state index in [1.54, 1.807) is 24.5 Å². The molecular weight excluding hydrogens is 448 g/mol. The molecule has 162 valence electrons. The van der Waals surface area contributed by atoms with Gasteiger partial charge in [0.15, 0.2) is 5.13 Å². The Hall–Kier alpha value is -3.27. The van der Waals surface area contributed by atoms with Crippen LogP contribution in [0.2, 0.25) is 5.02 Å². The van der Waals surface area contributed by atoms with Crippen molar-refractivity contribution in [1.29, 1.82) is 0 Å². The molecule has 32 heavy (non-hydrogen) atoms. The van der Waals surface area contributed by atoms with Crippen molar-refractivity contribution in [3.8, 4) is 11.3 Å². The van der Waals surface area contributed by atoms with Crippen LogP contribution in [0.3, 0.4) is 0 Å². The number of carbonyl (C=O) groups is 1. The van der Waals surface area contributed by atoms with E-state index in [-0.39, 0.29) is 6.03 Å². The highest BCUT2D eigenvalue weighted by Crippen LogP contribution is 2.35. The zero-order chi connectivity index (χ0) is 21.9. The summed E-state index contributed by atoms with van der Waals surface area (Å²) >= 11 is 8.07. The molecule has 2 amide bonds. The molecule has 3 aromatic heterocycles. The number of benzene rings is 1. The largest absolute Gasteiger partial charge is 0.378 e. The lowest BCUT2D eigenvalue weighted by Crippen LogP contribution is -2.36. The lowest BCUT2D eigenvalue weighted by atomic mass is 10.1. The zero-order valence-corrected chi connectivity index (χ0v) is 18.5. The fourth-order valence-electron chi connectivity index (χ4n) is 3.35. The van der Waals surface area contributed by atoms with Crippen LogP contribution < -0.4 is 15.5 Å². The Morgan fingerprint density at radius 3 is 2.41 bits per heavy atom. The minimum absolute atomic E-state index is 0.327. The normalized spacial score (nSPS) is 13.8. The number of aromatic nitrogens is 3. The molecule has 1 aromatic carbocycles. The first-order valence-corrected chi connectivity index (χ1v) is 11.2. The molecule has 4 aromatic rings. The van der Waals surface area contributed by atoms with E-state index in [0.29, 0.717) is 35.1 Å². The molecule has 5 rings (SSSR count). The van der Waals surface area contributed by atoms with Crippen LogP contribution >= 0.6 is 22.9 Å². The van der Waals surface area contributed by atoms with Crippen LogP contribution in [0.5, 0.6) is 0 Å². The summed E-state index contributed by atoms with van der Waals surface area (Å²) in [5, 5.41) is 7.05. The van der Waals surface area contributed by atoms with E-state index in [0.717, 1.165) is 34.3 Å². The van der Waals surface area contributed by atoms with Gasteiger partial charge in [0.05, 0.1) is 23.9 Å². The Morgan fingerprint density at radius 2 is 1.69 bits per heavy atom. The van der Waals surface area contributed by atoms with Gasteiger partial charge in [-0.3, -0.25) is 4.98 Å². The zero-order valence-electron chi connectivity index (χ0n) is 16.9. The van der Waals surface area contributed by atoms with Gasteiger partial charge in [0.25, 0.3) is 0 Å². The molecule has 1 fully saturated rings. The predicted molar refractivity (Wildman–Crippen MR) is 128 cm³/mol. The number of halogens is 1. The molecule has 0 radical (unpaired) electrons. The third-order valence-corrected chi connectivity index (χ3v) is 6.27. The fourth-order valence-corrected chi connectivity index (χ4v) is 4.66. The number of amides is 2. The first-order valence-electron chi connectivity index (χ1n) is 10.0. The molecular formula is C22H19ClN6O2S. The van der Waals surface area contributed by atoms with Crippen molar-refractivity contribution in [3.05, 3.63) is 59.9 Å². The number of pyridine rings is 2. The van der Waals surface area contributed by atoms with Gasteiger partial charge >= 0.3 is 6.03 Å². The van der Waals surface area contributed by atoms with Gasteiger partial charge in [-0.15, -0.1) is 0 Å². The molecule has 1 aliphatic heterocycles. The number of nitrogens with zero attached hydrogens (tertiary/aromatic N) is 4. The SMILES string of the molecule is O=C(Nc1ccncc1)Nc1ccc(-c2cc(Cl)c3nc(N4CCOCC4)sc3n2)cc1. The molecule has 1 aliphatic rings. The van der Waals surface area contributed by atoms with Crippen LogP contribution in [-0.2, 0) is 4.74 Å². The molecule has 0 aliphatic carbocycles. The van der Waals surface area contributed by atoms with Gasteiger partial charge in [0.2, 0.25) is 0 Å². The molecule has 1 saturated heterocycles. The van der Waals surface area contributed by atoms with Gasteiger partial charge in [-0.05, 0) is 30.3 Å². The maximum absolute atomic E-state index is 12.2. The first kappa shape index (κ1) is 20.6. The minimum Gasteiger partial charge on any atom is -0.378 e. The molecule has 0 unspecified atom stereocenters. The second-order valence-corrected chi connectivity index (χ2v) is 8.49. The highest BCUT2D eigenvalue weighted by molar-refractivity contribution is 7.21. The fraction of sp³-hybridized carbons (Fsp3) is 0.182. The topological polar surface area (TPSA) is 92.3 Å². The quantitative estimate of drug-likeness (QED) is 0.445. The molecule has 10 heteroatoms. The van der Waals surface area contributed by atoms with Crippen molar-refractivity contribution in [2.45, 2.75) is 0 Å². The van der Waals surface area contributed by atoms with Crippen molar-refractivity contribution in [3.63, 3.8) is 0 Å². The van der Waals surface area contributed by atoms with Gasteiger partial charge < -0.3 is 20.3 Å². The smallest absolute Gasteiger partial charge is 0.323 e. The van der Waals surface area contributed by atoms with E-state index in [1.807, 2.05) is 30.3 Å². The maximum atomic E-state index is 12.2. The lowest BCUT2D eigenvalue weighted by molar-refractivity contribution is 0.122. The molecule has 0 spiro atoms. The van der Waals surface area contributed by atoms with Crippen LogP contribution in [0, 0.1) is 0 Å². The molecule has 8 nitrogen and oxygen atoms in total. The van der Waals surface area contributed by atoms with Crippen molar-refractivity contribution in [2.75, 3.05) is 41.8 Å². The monoisotopic (exact) mass is 466 g/mol. The van der Waals surface area contributed by atoms with E-state index in [2.05, 4.69) is 25.5 Å². The van der Waals surface area contributed by atoms with E-state index in [9.17, 15) is 4.79 Å². The number of anilines is 3. The Labute approximate surface area is 193 Å². The predicted octanol–water partition coefficient (Wildman–Crippen LogP) is 4.89. The maximum Gasteiger partial charge on any atom is 0.323 e. The number of morpholine rings is 1. The summed E-state index contributed by atoms with van der Waals surface area (Å²) in [5.74, 6) is 0. The summed E-state index contributed by atoms with van der Waals surface area (Å²) in [5.41, 5.74) is 3.71. The molecule has 0 bridgehead atoms. The van der Waals surface area contributed by atoms with E-state index in [1.165, 1.54) is 11.3 Å². The first-order chi connectivity index (χ1) is 15.7. The highest BCUT2D eigenvalue weighted by atomic mass is 35.5. The lowest BCUT2D eigenvalue weighted by Gasteiger charge is -2.25. The number of thiazole rings is 1. The number of urea groups is 1. The van der Waals surface area contributed by atoms with Crippen LogP contribution in [0.4, 0.5) is 21.3 Å². The Morgan fingerprint density at radius 1 is 1.00 bits per heavy atom. The van der Waals surface area contributed by atoms with Crippen molar-refractivity contribution in [1.82, 2.24) is 15.0 Å². The number of hydrogen-bond donors (Lipinski definition) is 2. The summed E-state index contributed by atoms with van der Waals surface area (Å²) in [6.07, 6.45) is 3.23. The summed E-state index contributed by atoms with van der Waals surface area (Å²) < 4.78 is 5.42. The van der Waals surface area contributed by atoms with E-state index >= 15 is 0 Å². The number of carbonyl (C=O) groups excluding carboxylic acids is 1. The van der Waals surface area contributed by atoms with Crippen molar-refractivity contribution >= 4 is 55.8 Å². The Bertz CT molecular complexity index is 1240. The number of fused-ring (bicyclic) bond motifs is 1. The summed E-state index contributed by atoms with van der Waals surface area (Å²) in [7, 11) is 0. The van der Waals surface area contributed by atoms with Crippen LogP contribution in [0.15, 0.2) is 54.9 Å². The second kappa shape index (κ2) is 9.07. The number of hydrogen-bond acceptors (Lipinski definition) is 7. The third kappa shape index (κ3) is 4.50. The van der Waals surface area contributed by atoms with Crippen LogP contribution in [0.1, 0.15) is 0 Å². The third-order valence-electron chi connectivity index (χ3n) is 4.97. The van der Waals surface area contributed by atoms with Crippen LogP contribution in [-0.4, -0.2) is 47.3 Å². The minimum atomic E-state index is -0.327. The van der Waals surface area contributed by atoms with E-state index < -0.39 is 0 Å². The number of nitrogens with one attached hydrogen (secondary N) is 2. The summed E-state index contributed by atoms with van der Waals surface area (Å²) in [4.78, 5) is 28.6. The number of rotatable bonds is 4. The molecule has 4 heterocycles. The highest BCUT2D eigenvalue weighted by Gasteiger charge is 2.18. The summed E-state index contributed by atoms with van der Waals surface area (Å²) in [6, 6.07) is 12.4. The van der Waals surface area contributed by atoms with Crippen molar-refractivity contribution in [2.24, 2.45) is 0 Å². The van der Waals surface area contributed by atoms with Gasteiger partial charge in [-0.2, -0.15) is 0 Å². The van der Waals surface area contributed by atoms with E-state index in [4.69, 9.17) is 21.3 Å². The average Bonchev–Trinajstić information content (AvgIpc) is 3.26. The second-order valence-electron chi connectivity index (χ2n) is 7.13. The van der Waals surface area contributed by atoms with Gasteiger partial charge in [-0.25, -0.2) is 14.8 Å². The Balaban J connectivity index is 1.33. The molecule has 2 N–H and O–H groups in total. The molecule has 0 saturated carbocycles. The van der Waals surface area contributed by atoms with Gasteiger partial charge in [0.1, 0.15) is 10.3 Å². The van der Waals surface area contributed by atoms with Crippen LogP contribution in [0.25, 0.3) is 21.6 Å². The number of ether oxygens (including phenoxy) is 1. The van der Waals surface area contributed by atoms with Gasteiger partial charge in [0, 0.05) is 42.4 Å². The van der Waals surface area contributed by atoms with Crippen molar-refractivity contribution < 1.29 is 9.53 Å². The standard InChI is InChI=1S/C22H19ClN6O2S/c23-17-13-18(27-20-19(17)28-22(32-20)29-9-11-31-12-10-29)14-1-3-15(4-2-14)25-21(30)26-16-5-7-24-8-6-16/h1-8,13H,9-12H2,(H2,24,25,26,30). The molecule has 0 atom stereocenters. The Kier molecular flexibility index (Phi) is 5.85. The average molecular weight is 467 g/mol. The van der Waals surface area contributed by atoms with Gasteiger partial charge in [-0.1, -0.05) is 35.1 Å².